The Balaban J connectivity index is 3.88. The Labute approximate surface area is 68.7 Å². The zero-order valence-electron chi connectivity index (χ0n) is 6.45. The second-order valence-corrected chi connectivity index (χ2v) is 3.54. The van der Waals surface area contributed by atoms with E-state index in [0.29, 0.717) is 12.0 Å². The summed E-state index contributed by atoms with van der Waals surface area (Å²) in [5.74, 6) is -0.487. The van der Waals surface area contributed by atoms with Crippen molar-refractivity contribution in [3.8, 4) is 0 Å². The topological polar surface area (TPSA) is 67.8 Å². The first-order valence-electron chi connectivity index (χ1n) is 2.77. The SMILES string of the molecule is COC(=O)C(C)(C)SOO[O-]. The largest absolute Gasteiger partial charge is 0.691 e. The Bertz CT molecular complexity index is 135. The molecule has 0 saturated heterocycles. The number of methoxy groups -OCH3 is 1. The summed E-state index contributed by atoms with van der Waals surface area (Å²) in [6.45, 7) is 3.09. The monoisotopic (exact) mass is 181 g/mol. The highest BCUT2D eigenvalue weighted by atomic mass is 32.2. The Morgan fingerprint density at radius 1 is 1.55 bits per heavy atom. The number of carbonyl (C=O) groups excluding carboxylic acids is 1. The number of hydrogen-bond acceptors (Lipinski definition) is 6. The lowest BCUT2D eigenvalue weighted by Crippen LogP contribution is -2.29. The molecule has 5 nitrogen and oxygen atoms in total. The van der Waals surface area contributed by atoms with Crippen LogP contribution in [0.3, 0.4) is 0 Å². The van der Waals surface area contributed by atoms with E-state index < -0.39 is 10.7 Å². The van der Waals surface area contributed by atoms with E-state index >= 15 is 0 Å². The van der Waals surface area contributed by atoms with Crippen LogP contribution in [0.5, 0.6) is 0 Å². The first-order valence-corrected chi connectivity index (χ1v) is 3.51. The molecule has 0 aromatic carbocycles. The predicted molar refractivity (Wildman–Crippen MR) is 35.9 cm³/mol. The molecule has 0 aliphatic rings. The fourth-order valence-corrected chi connectivity index (χ4v) is 0.728. The minimum Gasteiger partial charge on any atom is -0.691 e. The first-order chi connectivity index (χ1) is 5.04. The van der Waals surface area contributed by atoms with Gasteiger partial charge < -0.3 is 9.99 Å². The normalized spacial score (nSPS) is 11.3. The summed E-state index contributed by atoms with van der Waals surface area (Å²) in [7, 11) is 1.25. The Kier molecular flexibility index (Phi) is 4.43. The third kappa shape index (κ3) is 3.57. The number of hydrogen-bond donors (Lipinski definition) is 0. The molecule has 0 spiro atoms. The third-order valence-electron chi connectivity index (χ3n) is 0.947. The van der Waals surface area contributed by atoms with Crippen molar-refractivity contribution in [1.29, 1.82) is 0 Å². The van der Waals surface area contributed by atoms with Crippen LogP contribution in [0.1, 0.15) is 13.8 Å². The highest BCUT2D eigenvalue weighted by Gasteiger charge is 2.31. The van der Waals surface area contributed by atoms with Gasteiger partial charge in [-0.15, -0.1) is 0 Å². The van der Waals surface area contributed by atoms with Crippen LogP contribution in [-0.4, -0.2) is 17.8 Å². The van der Waals surface area contributed by atoms with Gasteiger partial charge in [0.05, 0.1) is 7.11 Å². The van der Waals surface area contributed by atoms with Crippen molar-refractivity contribution in [3.63, 3.8) is 0 Å². The van der Waals surface area contributed by atoms with Crippen LogP contribution in [0.2, 0.25) is 0 Å². The molecule has 66 valence electrons. The molecule has 0 fully saturated rings. The van der Waals surface area contributed by atoms with Crippen molar-refractivity contribution in [2.24, 2.45) is 0 Å². The van der Waals surface area contributed by atoms with E-state index in [2.05, 4.69) is 14.1 Å². The summed E-state index contributed by atoms with van der Waals surface area (Å²) in [4.78, 5) is 10.9. The third-order valence-corrected chi connectivity index (χ3v) is 1.65. The van der Waals surface area contributed by atoms with E-state index in [4.69, 9.17) is 0 Å². The number of esters is 1. The maximum Gasteiger partial charge on any atom is 0.323 e. The molecular weight excluding hydrogens is 172 g/mol. The van der Waals surface area contributed by atoms with Crippen molar-refractivity contribution in [2.45, 2.75) is 18.6 Å². The van der Waals surface area contributed by atoms with Gasteiger partial charge in [-0.1, -0.05) is 0 Å². The standard InChI is InChI=1S/C5H10O5S/c1-5(2,4(6)8-3)11-10-9-7/h7H,1-3H3/p-1. The fourth-order valence-electron chi connectivity index (χ4n) is 0.379. The van der Waals surface area contributed by atoms with E-state index in [0.717, 1.165) is 0 Å². The van der Waals surface area contributed by atoms with Gasteiger partial charge >= 0.3 is 5.97 Å². The molecule has 0 saturated carbocycles. The molecule has 0 atom stereocenters. The van der Waals surface area contributed by atoms with Gasteiger partial charge in [-0.2, -0.15) is 4.33 Å². The van der Waals surface area contributed by atoms with Gasteiger partial charge in [-0.25, -0.2) is 0 Å². The first kappa shape index (κ1) is 10.7. The van der Waals surface area contributed by atoms with Gasteiger partial charge in [0.25, 0.3) is 0 Å². The van der Waals surface area contributed by atoms with Gasteiger partial charge in [0.15, 0.2) is 0 Å². The maximum absolute atomic E-state index is 10.9. The molecule has 0 aromatic rings. The van der Waals surface area contributed by atoms with Crippen molar-refractivity contribution < 1.29 is 24.2 Å². The lowest BCUT2D eigenvalue weighted by Gasteiger charge is -2.19. The van der Waals surface area contributed by atoms with E-state index in [9.17, 15) is 10.1 Å². The summed E-state index contributed by atoms with van der Waals surface area (Å²) in [5, 5.41) is 12.5. The van der Waals surface area contributed by atoms with Crippen LogP contribution in [-0.2, 0) is 18.9 Å². The second kappa shape index (κ2) is 4.55. The van der Waals surface area contributed by atoms with E-state index in [1.54, 1.807) is 13.8 Å². The zero-order valence-corrected chi connectivity index (χ0v) is 7.27. The summed E-state index contributed by atoms with van der Waals surface area (Å²) in [5.41, 5.74) is 0. The molecule has 0 bridgehead atoms. The van der Waals surface area contributed by atoms with Gasteiger partial charge in [-0.05, 0) is 13.8 Å². The highest BCUT2D eigenvalue weighted by Crippen LogP contribution is 2.25. The summed E-state index contributed by atoms with van der Waals surface area (Å²) < 4.78 is 7.46. The minimum absolute atomic E-state index is 0.487. The van der Waals surface area contributed by atoms with Crippen LogP contribution in [0.15, 0.2) is 0 Å². The average Bonchev–Trinajstić information content (AvgIpc) is 1.99. The van der Waals surface area contributed by atoms with Gasteiger partial charge in [0.1, 0.15) is 4.75 Å². The molecule has 0 unspecified atom stereocenters. The number of ether oxygens (including phenoxy) is 1. The van der Waals surface area contributed by atoms with Gasteiger partial charge in [0.2, 0.25) is 0 Å². The van der Waals surface area contributed by atoms with Crippen molar-refractivity contribution >= 4 is 18.0 Å². The van der Waals surface area contributed by atoms with Crippen molar-refractivity contribution in [3.05, 3.63) is 0 Å². The molecule has 0 aromatic heterocycles. The predicted octanol–water partition coefficient (Wildman–Crippen LogP) is -0.190. The number of carbonyl (C=O) groups is 1. The van der Waals surface area contributed by atoms with Crippen molar-refractivity contribution in [2.75, 3.05) is 7.11 Å². The molecule has 0 N–H and O–H groups in total. The number of rotatable bonds is 4. The lowest BCUT2D eigenvalue weighted by atomic mass is 10.2. The maximum atomic E-state index is 10.9. The van der Waals surface area contributed by atoms with Crippen LogP contribution < -0.4 is 5.26 Å². The summed E-state index contributed by atoms with van der Waals surface area (Å²) >= 11 is 0.602. The molecule has 0 aliphatic carbocycles. The summed E-state index contributed by atoms with van der Waals surface area (Å²) in [6, 6.07) is 0. The second-order valence-electron chi connectivity index (χ2n) is 2.22. The van der Waals surface area contributed by atoms with E-state index in [1.165, 1.54) is 7.11 Å². The Morgan fingerprint density at radius 3 is 2.45 bits per heavy atom. The Morgan fingerprint density at radius 2 is 2.09 bits per heavy atom. The van der Waals surface area contributed by atoms with Crippen LogP contribution in [0.4, 0.5) is 0 Å². The molecule has 0 aliphatic heterocycles. The average molecular weight is 181 g/mol. The minimum atomic E-state index is -0.931. The quantitative estimate of drug-likeness (QED) is 0.259. The molecule has 0 amide bonds. The molecule has 6 heteroatoms. The van der Waals surface area contributed by atoms with Gasteiger partial charge in [-0.3, -0.25) is 9.83 Å². The lowest BCUT2D eigenvalue weighted by molar-refractivity contribution is -0.777. The highest BCUT2D eigenvalue weighted by molar-refractivity contribution is 7.96. The van der Waals surface area contributed by atoms with Crippen molar-refractivity contribution in [1.82, 2.24) is 0 Å². The molecule has 0 radical (unpaired) electrons. The molecule has 11 heavy (non-hydrogen) atoms. The summed E-state index contributed by atoms with van der Waals surface area (Å²) in [6.07, 6.45) is 0. The van der Waals surface area contributed by atoms with Gasteiger partial charge in [0, 0.05) is 12.0 Å². The smallest absolute Gasteiger partial charge is 0.323 e. The molecule has 0 rings (SSSR count). The van der Waals surface area contributed by atoms with Crippen LogP contribution >= 0.6 is 12.0 Å². The van der Waals surface area contributed by atoms with Crippen LogP contribution in [0.25, 0.3) is 0 Å². The van der Waals surface area contributed by atoms with Crippen LogP contribution in [0, 0.1) is 0 Å². The Hall–Kier alpha value is -0.300. The molecular formula is C5H9O5S-. The van der Waals surface area contributed by atoms with E-state index in [1.807, 2.05) is 0 Å². The molecule has 0 heterocycles. The zero-order chi connectivity index (χ0) is 8.91. The van der Waals surface area contributed by atoms with E-state index in [-0.39, 0.29) is 0 Å². The fraction of sp³-hybridized carbons (Fsp3) is 0.800.